The molecule has 0 aliphatic heterocycles. The lowest BCUT2D eigenvalue weighted by Crippen LogP contribution is -2.24. The molecule has 0 spiro atoms. The molecule has 0 amide bonds. The van der Waals surface area contributed by atoms with Crippen molar-refractivity contribution < 1.29 is 0 Å². The molecule has 1 aromatic rings. The SMILES string of the molecule is CCc1nnc(C)cc1C(CC1CC2CCC1C2)NC. The van der Waals surface area contributed by atoms with E-state index < -0.39 is 0 Å². The van der Waals surface area contributed by atoms with Gasteiger partial charge < -0.3 is 5.32 Å². The van der Waals surface area contributed by atoms with Crippen LogP contribution in [0.5, 0.6) is 0 Å². The normalized spacial score (nSPS) is 29.9. The van der Waals surface area contributed by atoms with Crippen molar-refractivity contribution in [1.82, 2.24) is 15.5 Å². The number of hydrogen-bond donors (Lipinski definition) is 1. The van der Waals surface area contributed by atoms with Gasteiger partial charge >= 0.3 is 0 Å². The van der Waals surface area contributed by atoms with E-state index in [1.807, 2.05) is 6.92 Å². The fourth-order valence-corrected chi connectivity index (χ4v) is 4.48. The highest BCUT2D eigenvalue weighted by Gasteiger charge is 2.40. The van der Waals surface area contributed by atoms with Gasteiger partial charge in [0, 0.05) is 6.04 Å². The quantitative estimate of drug-likeness (QED) is 0.893. The van der Waals surface area contributed by atoms with Crippen molar-refractivity contribution in [2.75, 3.05) is 7.05 Å². The van der Waals surface area contributed by atoms with Crippen molar-refractivity contribution in [1.29, 1.82) is 0 Å². The van der Waals surface area contributed by atoms with Crippen LogP contribution in [0.15, 0.2) is 6.07 Å². The van der Waals surface area contributed by atoms with Gasteiger partial charge in [-0.1, -0.05) is 13.3 Å². The van der Waals surface area contributed by atoms with Gasteiger partial charge in [-0.05, 0) is 75.5 Å². The molecular formula is C17H27N3. The van der Waals surface area contributed by atoms with Crippen molar-refractivity contribution in [3.05, 3.63) is 23.0 Å². The van der Waals surface area contributed by atoms with E-state index in [2.05, 4.69) is 35.6 Å². The molecule has 1 heterocycles. The standard InChI is InChI=1S/C17H27N3/c1-4-16-15(7-11(2)19-20-16)17(18-3)10-14-9-12-5-6-13(14)8-12/h7,12-14,17-18H,4-6,8-10H2,1-3H3. The van der Waals surface area contributed by atoms with Crippen molar-refractivity contribution in [2.24, 2.45) is 17.8 Å². The Bertz CT molecular complexity index is 471. The second-order valence-electron chi connectivity index (χ2n) is 6.75. The molecule has 4 unspecified atom stereocenters. The summed E-state index contributed by atoms with van der Waals surface area (Å²) in [5.74, 6) is 2.95. The van der Waals surface area contributed by atoms with Crippen LogP contribution in [0.2, 0.25) is 0 Å². The summed E-state index contributed by atoms with van der Waals surface area (Å²) in [5.41, 5.74) is 3.58. The van der Waals surface area contributed by atoms with Gasteiger partial charge in [0.25, 0.3) is 0 Å². The Labute approximate surface area is 122 Å². The molecule has 3 heteroatoms. The minimum atomic E-state index is 0.448. The van der Waals surface area contributed by atoms with E-state index in [-0.39, 0.29) is 0 Å². The zero-order chi connectivity index (χ0) is 14.1. The molecule has 3 rings (SSSR count). The molecular weight excluding hydrogens is 246 g/mol. The van der Waals surface area contributed by atoms with Crippen LogP contribution < -0.4 is 5.32 Å². The van der Waals surface area contributed by atoms with Crippen LogP contribution >= 0.6 is 0 Å². The molecule has 2 aliphatic rings. The summed E-state index contributed by atoms with van der Waals surface area (Å²) in [6, 6.07) is 2.68. The van der Waals surface area contributed by atoms with Crippen LogP contribution in [0.3, 0.4) is 0 Å². The van der Waals surface area contributed by atoms with Crippen molar-refractivity contribution >= 4 is 0 Å². The lowest BCUT2D eigenvalue weighted by atomic mass is 9.82. The van der Waals surface area contributed by atoms with E-state index in [4.69, 9.17) is 0 Å². The average Bonchev–Trinajstić information content (AvgIpc) is 3.07. The Balaban J connectivity index is 1.77. The van der Waals surface area contributed by atoms with E-state index in [0.29, 0.717) is 6.04 Å². The summed E-state index contributed by atoms with van der Waals surface area (Å²) in [6.45, 7) is 4.22. The molecule has 20 heavy (non-hydrogen) atoms. The predicted octanol–water partition coefficient (Wildman–Crippen LogP) is 3.43. The highest BCUT2D eigenvalue weighted by Crippen LogP contribution is 2.51. The second-order valence-corrected chi connectivity index (χ2v) is 6.75. The average molecular weight is 273 g/mol. The summed E-state index contributed by atoms with van der Waals surface area (Å²) in [7, 11) is 2.09. The van der Waals surface area contributed by atoms with Gasteiger partial charge in [-0.3, -0.25) is 0 Å². The lowest BCUT2D eigenvalue weighted by Gasteiger charge is -2.27. The number of aryl methyl sites for hydroxylation is 2. The summed E-state index contributed by atoms with van der Waals surface area (Å²) in [4.78, 5) is 0. The number of fused-ring (bicyclic) bond motifs is 2. The monoisotopic (exact) mass is 273 g/mol. The third-order valence-electron chi connectivity index (χ3n) is 5.51. The Morgan fingerprint density at radius 3 is 2.75 bits per heavy atom. The Kier molecular flexibility index (Phi) is 4.06. The maximum absolute atomic E-state index is 4.40. The molecule has 2 aliphatic carbocycles. The summed E-state index contributed by atoms with van der Waals surface area (Å²) in [6.07, 6.45) is 8.16. The van der Waals surface area contributed by atoms with Crippen LogP contribution in [-0.2, 0) is 6.42 Å². The Hall–Kier alpha value is -0.960. The molecule has 0 aromatic carbocycles. The highest BCUT2D eigenvalue weighted by molar-refractivity contribution is 5.25. The maximum atomic E-state index is 4.40. The number of rotatable bonds is 5. The Morgan fingerprint density at radius 2 is 2.15 bits per heavy atom. The van der Waals surface area contributed by atoms with Crippen LogP contribution in [0.1, 0.15) is 62.0 Å². The van der Waals surface area contributed by atoms with Gasteiger partial charge in [0.2, 0.25) is 0 Å². The molecule has 2 saturated carbocycles. The van der Waals surface area contributed by atoms with Gasteiger partial charge in [-0.2, -0.15) is 10.2 Å². The Morgan fingerprint density at radius 1 is 1.30 bits per heavy atom. The van der Waals surface area contributed by atoms with Crippen LogP contribution in [0.4, 0.5) is 0 Å². The molecule has 1 aromatic heterocycles. The lowest BCUT2D eigenvalue weighted by molar-refractivity contribution is 0.283. The van der Waals surface area contributed by atoms with Crippen LogP contribution in [0, 0.1) is 24.7 Å². The number of hydrogen-bond acceptors (Lipinski definition) is 3. The zero-order valence-electron chi connectivity index (χ0n) is 13.0. The third-order valence-corrected chi connectivity index (χ3v) is 5.51. The van der Waals surface area contributed by atoms with Crippen LogP contribution in [0.25, 0.3) is 0 Å². The van der Waals surface area contributed by atoms with Gasteiger partial charge in [0.05, 0.1) is 11.4 Å². The molecule has 2 fully saturated rings. The minimum Gasteiger partial charge on any atom is -0.313 e. The molecule has 0 saturated heterocycles. The number of aromatic nitrogens is 2. The first kappa shape index (κ1) is 14.0. The molecule has 1 N–H and O–H groups in total. The smallest absolute Gasteiger partial charge is 0.0676 e. The molecule has 4 atom stereocenters. The molecule has 0 radical (unpaired) electrons. The van der Waals surface area contributed by atoms with Crippen molar-refractivity contribution in [3.8, 4) is 0 Å². The van der Waals surface area contributed by atoms with Gasteiger partial charge in [-0.15, -0.1) is 0 Å². The van der Waals surface area contributed by atoms with Gasteiger partial charge in [0.1, 0.15) is 0 Å². The van der Waals surface area contributed by atoms with E-state index in [1.165, 1.54) is 37.7 Å². The molecule has 110 valence electrons. The summed E-state index contributed by atoms with van der Waals surface area (Å²) < 4.78 is 0. The molecule has 3 nitrogen and oxygen atoms in total. The highest BCUT2D eigenvalue weighted by atomic mass is 15.1. The summed E-state index contributed by atoms with van der Waals surface area (Å²) >= 11 is 0. The number of nitrogens with one attached hydrogen (secondary N) is 1. The van der Waals surface area contributed by atoms with Crippen LogP contribution in [-0.4, -0.2) is 17.2 Å². The number of nitrogens with zero attached hydrogens (tertiary/aromatic N) is 2. The van der Waals surface area contributed by atoms with Gasteiger partial charge in [-0.25, -0.2) is 0 Å². The predicted molar refractivity (Wildman–Crippen MR) is 81.5 cm³/mol. The van der Waals surface area contributed by atoms with Crippen molar-refractivity contribution in [3.63, 3.8) is 0 Å². The maximum Gasteiger partial charge on any atom is 0.0676 e. The van der Waals surface area contributed by atoms with Gasteiger partial charge in [0.15, 0.2) is 0 Å². The van der Waals surface area contributed by atoms with E-state index in [1.54, 1.807) is 0 Å². The van der Waals surface area contributed by atoms with E-state index in [0.717, 1.165) is 35.6 Å². The fourth-order valence-electron chi connectivity index (χ4n) is 4.48. The first-order valence-electron chi connectivity index (χ1n) is 8.21. The topological polar surface area (TPSA) is 37.8 Å². The first-order valence-corrected chi connectivity index (χ1v) is 8.21. The van der Waals surface area contributed by atoms with Crippen molar-refractivity contribution in [2.45, 2.75) is 58.4 Å². The van der Waals surface area contributed by atoms with E-state index >= 15 is 0 Å². The minimum absolute atomic E-state index is 0.448. The third kappa shape index (κ3) is 2.60. The summed E-state index contributed by atoms with van der Waals surface area (Å²) in [5, 5.41) is 12.2. The molecule has 2 bridgehead atoms. The second kappa shape index (κ2) is 5.80. The largest absolute Gasteiger partial charge is 0.313 e. The zero-order valence-corrected chi connectivity index (χ0v) is 13.0. The fraction of sp³-hybridized carbons (Fsp3) is 0.765. The van der Waals surface area contributed by atoms with E-state index in [9.17, 15) is 0 Å². The first-order chi connectivity index (χ1) is 9.71.